The van der Waals surface area contributed by atoms with Crippen LogP contribution >= 0.6 is 11.6 Å². The number of nitrogens with one attached hydrogen (secondary N) is 1. The maximum atomic E-state index is 12.7. The van der Waals surface area contributed by atoms with E-state index in [0.717, 1.165) is 25.2 Å². The first kappa shape index (κ1) is 21.7. The van der Waals surface area contributed by atoms with Crippen molar-refractivity contribution in [2.75, 3.05) is 13.1 Å². The molecule has 29 heavy (non-hydrogen) atoms. The van der Waals surface area contributed by atoms with Crippen LogP contribution in [0, 0.1) is 6.92 Å². The van der Waals surface area contributed by atoms with Gasteiger partial charge >= 0.3 is 0 Å². The van der Waals surface area contributed by atoms with Crippen LogP contribution < -0.4 is 10.1 Å². The minimum absolute atomic E-state index is 0.0899. The molecule has 156 valence electrons. The third-order valence-electron chi connectivity index (χ3n) is 5.49. The Hall–Kier alpha value is -2.04. The Balaban J connectivity index is 1.59. The molecule has 1 heterocycles. The molecule has 0 aliphatic carbocycles. The molecule has 4 nitrogen and oxygen atoms in total. The van der Waals surface area contributed by atoms with Gasteiger partial charge in [0.05, 0.1) is 0 Å². The molecule has 1 aliphatic rings. The van der Waals surface area contributed by atoms with Crippen LogP contribution in [0.3, 0.4) is 0 Å². The molecule has 0 aromatic heterocycles. The molecule has 1 fully saturated rings. The first-order chi connectivity index (χ1) is 14.1. The number of nitrogens with zero attached hydrogens (tertiary/aromatic N) is 1. The van der Waals surface area contributed by atoms with Gasteiger partial charge in [0.25, 0.3) is 5.91 Å². The van der Waals surface area contributed by atoms with E-state index in [4.69, 9.17) is 16.3 Å². The fourth-order valence-electron chi connectivity index (χ4n) is 3.72. The number of carbonyl (C=O) groups excluding carboxylic acids is 1. The molecule has 0 saturated carbocycles. The lowest BCUT2D eigenvalue weighted by molar-refractivity contribution is -0.128. The highest BCUT2D eigenvalue weighted by molar-refractivity contribution is 6.31. The van der Waals surface area contributed by atoms with Gasteiger partial charge in [-0.05, 0) is 74.2 Å². The Morgan fingerprint density at radius 2 is 1.86 bits per heavy atom. The summed E-state index contributed by atoms with van der Waals surface area (Å²) >= 11 is 6.08. The second-order valence-electron chi connectivity index (χ2n) is 7.75. The fourth-order valence-corrected chi connectivity index (χ4v) is 3.83. The molecule has 0 radical (unpaired) electrons. The molecular formula is C24H31ClN2O2. The van der Waals surface area contributed by atoms with Crippen molar-refractivity contribution in [3.63, 3.8) is 0 Å². The van der Waals surface area contributed by atoms with Crippen LogP contribution in [-0.4, -0.2) is 30.0 Å². The maximum Gasteiger partial charge on any atom is 0.261 e. The molecule has 0 unspecified atom stereocenters. The van der Waals surface area contributed by atoms with E-state index in [1.54, 1.807) is 12.1 Å². The van der Waals surface area contributed by atoms with E-state index >= 15 is 0 Å². The molecule has 3 rings (SSSR count). The highest BCUT2D eigenvalue weighted by Gasteiger charge is 2.19. The van der Waals surface area contributed by atoms with Crippen LogP contribution in [0.4, 0.5) is 0 Å². The molecule has 1 N–H and O–H groups in total. The summed E-state index contributed by atoms with van der Waals surface area (Å²) in [5.41, 5.74) is 3.40. The van der Waals surface area contributed by atoms with E-state index < -0.39 is 6.10 Å². The average molecular weight is 415 g/mol. The standard InChI is InChI=1S/C24H31ClN2O2/c1-3-23(29-21-11-12-22(25)18(2)15-21)24(28)26-16-19-9-5-6-10-20(19)17-27-13-7-4-8-14-27/h5-6,9-12,15,23H,3-4,7-8,13-14,16-17H2,1-2H3,(H,26,28)/t23-/m0/s1. The SMILES string of the molecule is CC[C@H](Oc1ccc(Cl)c(C)c1)C(=O)NCc1ccccc1CN1CCCCC1. The molecule has 1 atom stereocenters. The van der Waals surface area contributed by atoms with E-state index in [1.165, 1.54) is 30.4 Å². The van der Waals surface area contributed by atoms with E-state index in [9.17, 15) is 4.79 Å². The lowest BCUT2D eigenvalue weighted by atomic mass is 10.0. The van der Waals surface area contributed by atoms with Gasteiger partial charge in [0, 0.05) is 18.1 Å². The maximum absolute atomic E-state index is 12.7. The molecule has 0 bridgehead atoms. The first-order valence-corrected chi connectivity index (χ1v) is 10.9. The quantitative estimate of drug-likeness (QED) is 0.652. The minimum Gasteiger partial charge on any atom is -0.481 e. The Kier molecular flexibility index (Phi) is 7.96. The summed E-state index contributed by atoms with van der Waals surface area (Å²) < 4.78 is 5.92. The largest absolute Gasteiger partial charge is 0.481 e. The minimum atomic E-state index is -0.523. The van der Waals surface area contributed by atoms with Gasteiger partial charge in [-0.1, -0.05) is 49.2 Å². The third-order valence-corrected chi connectivity index (χ3v) is 5.91. The number of piperidine rings is 1. The van der Waals surface area contributed by atoms with Gasteiger partial charge in [-0.15, -0.1) is 0 Å². The molecule has 2 aromatic rings. The van der Waals surface area contributed by atoms with E-state index in [0.29, 0.717) is 23.7 Å². The topological polar surface area (TPSA) is 41.6 Å². The Labute approximate surface area is 179 Å². The monoisotopic (exact) mass is 414 g/mol. The Morgan fingerprint density at radius 3 is 2.55 bits per heavy atom. The van der Waals surface area contributed by atoms with Gasteiger partial charge in [0.2, 0.25) is 0 Å². The average Bonchev–Trinajstić information content (AvgIpc) is 2.74. The number of halogens is 1. The summed E-state index contributed by atoms with van der Waals surface area (Å²) in [4.78, 5) is 15.2. The van der Waals surface area contributed by atoms with E-state index in [1.807, 2.05) is 26.0 Å². The molecular weight excluding hydrogens is 384 g/mol. The van der Waals surface area contributed by atoms with Crippen molar-refractivity contribution >= 4 is 17.5 Å². The second kappa shape index (κ2) is 10.7. The number of carbonyl (C=O) groups is 1. The zero-order valence-electron chi connectivity index (χ0n) is 17.4. The zero-order chi connectivity index (χ0) is 20.6. The zero-order valence-corrected chi connectivity index (χ0v) is 18.2. The summed E-state index contributed by atoms with van der Waals surface area (Å²) in [6, 6.07) is 13.8. The molecule has 5 heteroatoms. The summed E-state index contributed by atoms with van der Waals surface area (Å²) in [5, 5.41) is 3.76. The number of ether oxygens (including phenoxy) is 1. The first-order valence-electron chi connectivity index (χ1n) is 10.6. The van der Waals surface area contributed by atoms with Crippen molar-refractivity contribution in [1.29, 1.82) is 0 Å². The number of amides is 1. The number of benzene rings is 2. The van der Waals surface area contributed by atoms with Crippen LogP contribution in [0.25, 0.3) is 0 Å². The number of rotatable bonds is 8. The lowest BCUT2D eigenvalue weighted by Crippen LogP contribution is -2.38. The van der Waals surface area contributed by atoms with Gasteiger partial charge in [0.15, 0.2) is 6.10 Å². The second-order valence-corrected chi connectivity index (χ2v) is 8.16. The molecule has 0 spiro atoms. The highest BCUT2D eigenvalue weighted by atomic mass is 35.5. The van der Waals surface area contributed by atoms with E-state index in [2.05, 4.69) is 28.4 Å². The number of likely N-dealkylation sites (tertiary alicyclic amines) is 1. The van der Waals surface area contributed by atoms with Crippen LogP contribution in [-0.2, 0) is 17.9 Å². The molecule has 1 aliphatic heterocycles. The summed E-state index contributed by atoms with van der Waals surface area (Å²) in [5.74, 6) is 0.576. The summed E-state index contributed by atoms with van der Waals surface area (Å²) in [7, 11) is 0. The van der Waals surface area contributed by atoms with E-state index in [-0.39, 0.29) is 5.91 Å². The van der Waals surface area contributed by atoms with Gasteiger partial charge in [-0.25, -0.2) is 0 Å². The lowest BCUT2D eigenvalue weighted by Gasteiger charge is -2.27. The van der Waals surface area contributed by atoms with Crippen molar-refractivity contribution in [2.24, 2.45) is 0 Å². The summed E-state index contributed by atoms with van der Waals surface area (Å²) in [6.07, 6.45) is 3.96. The smallest absolute Gasteiger partial charge is 0.261 e. The summed E-state index contributed by atoms with van der Waals surface area (Å²) in [6.45, 7) is 7.67. The van der Waals surface area contributed by atoms with Crippen molar-refractivity contribution in [2.45, 2.75) is 58.7 Å². The normalized spacial score (nSPS) is 15.7. The van der Waals surface area contributed by atoms with Crippen molar-refractivity contribution < 1.29 is 9.53 Å². The molecule has 1 amide bonds. The van der Waals surface area contributed by atoms with Crippen LogP contribution in [0.1, 0.15) is 49.3 Å². The van der Waals surface area contributed by atoms with Crippen molar-refractivity contribution in [3.05, 3.63) is 64.2 Å². The van der Waals surface area contributed by atoms with Crippen LogP contribution in [0.5, 0.6) is 5.75 Å². The van der Waals surface area contributed by atoms with Crippen molar-refractivity contribution in [1.82, 2.24) is 10.2 Å². The molecule has 2 aromatic carbocycles. The predicted octanol–water partition coefficient (Wildman–Crippen LogP) is 5.11. The number of hydrogen-bond donors (Lipinski definition) is 1. The molecule has 1 saturated heterocycles. The van der Waals surface area contributed by atoms with Gasteiger partial charge in [0.1, 0.15) is 5.75 Å². The van der Waals surface area contributed by atoms with Gasteiger partial charge in [-0.2, -0.15) is 0 Å². The van der Waals surface area contributed by atoms with Crippen LogP contribution in [0.2, 0.25) is 5.02 Å². The number of aryl methyl sites for hydroxylation is 1. The Bertz CT molecular complexity index is 818. The fraction of sp³-hybridized carbons (Fsp3) is 0.458. The third kappa shape index (κ3) is 6.22. The Morgan fingerprint density at radius 1 is 1.14 bits per heavy atom. The van der Waals surface area contributed by atoms with Gasteiger partial charge in [-0.3, -0.25) is 9.69 Å². The van der Waals surface area contributed by atoms with Crippen molar-refractivity contribution in [3.8, 4) is 5.75 Å². The van der Waals surface area contributed by atoms with Gasteiger partial charge < -0.3 is 10.1 Å². The van der Waals surface area contributed by atoms with Crippen LogP contribution in [0.15, 0.2) is 42.5 Å². The predicted molar refractivity (Wildman–Crippen MR) is 118 cm³/mol. The highest BCUT2D eigenvalue weighted by Crippen LogP contribution is 2.22. The number of hydrogen-bond acceptors (Lipinski definition) is 3.